The number of hydrogen-bond donors (Lipinski definition) is 2. The number of rotatable bonds is 4. The van der Waals surface area contributed by atoms with E-state index in [1.807, 2.05) is 6.92 Å². The summed E-state index contributed by atoms with van der Waals surface area (Å²) in [5, 5.41) is 2.07. The smallest absolute Gasteiger partial charge is 0.246 e. The number of imide groups is 1. The van der Waals surface area contributed by atoms with Gasteiger partial charge in [-0.05, 0) is 26.0 Å². The quantitative estimate of drug-likeness (QED) is 0.694. The Balaban J connectivity index is 2.09. The van der Waals surface area contributed by atoms with Crippen LogP contribution in [0.1, 0.15) is 12.5 Å². The van der Waals surface area contributed by atoms with Crippen LogP contribution in [0.25, 0.3) is 0 Å². The van der Waals surface area contributed by atoms with Gasteiger partial charge in [-0.15, -0.1) is 0 Å². The molecule has 1 aliphatic heterocycles. The molecule has 1 aliphatic rings. The minimum atomic E-state index is -3.87. The summed E-state index contributed by atoms with van der Waals surface area (Å²) in [6, 6.07) is 5.07. The molecule has 1 fully saturated rings. The number of carbonyl (C=O) groups is 3. The fourth-order valence-electron chi connectivity index (χ4n) is 2.14. The highest BCUT2D eigenvalue weighted by molar-refractivity contribution is 7.89. The SMILES string of the molecule is Cc1ccc(S(=O)(=O)NC(C)C(=O)N2CC(=O)NC(=O)C2)cc1. The van der Waals surface area contributed by atoms with E-state index in [1.165, 1.54) is 19.1 Å². The van der Waals surface area contributed by atoms with Gasteiger partial charge in [0, 0.05) is 0 Å². The third-order valence-electron chi connectivity index (χ3n) is 3.29. The van der Waals surface area contributed by atoms with Crippen LogP contribution in [0.3, 0.4) is 0 Å². The summed E-state index contributed by atoms with van der Waals surface area (Å²) in [4.78, 5) is 35.8. The molecule has 0 aromatic heterocycles. The van der Waals surface area contributed by atoms with Gasteiger partial charge in [0.2, 0.25) is 27.7 Å². The van der Waals surface area contributed by atoms with E-state index in [9.17, 15) is 22.8 Å². The minimum absolute atomic E-state index is 0.0372. The number of piperazine rings is 1. The molecule has 23 heavy (non-hydrogen) atoms. The third-order valence-corrected chi connectivity index (χ3v) is 4.85. The maximum Gasteiger partial charge on any atom is 0.246 e. The lowest BCUT2D eigenvalue weighted by molar-refractivity contribution is -0.146. The molecule has 1 aromatic carbocycles. The first-order valence-corrected chi connectivity index (χ1v) is 8.38. The summed E-state index contributed by atoms with van der Waals surface area (Å²) in [5.74, 6) is -1.82. The molecule has 124 valence electrons. The van der Waals surface area contributed by atoms with Crippen LogP contribution in [0.2, 0.25) is 0 Å². The Labute approximate surface area is 133 Å². The van der Waals surface area contributed by atoms with Crippen molar-refractivity contribution >= 4 is 27.7 Å². The van der Waals surface area contributed by atoms with Gasteiger partial charge in [0.1, 0.15) is 13.1 Å². The monoisotopic (exact) mass is 339 g/mol. The topological polar surface area (TPSA) is 113 Å². The van der Waals surface area contributed by atoms with E-state index in [0.717, 1.165) is 10.5 Å². The second-order valence-electron chi connectivity index (χ2n) is 5.32. The van der Waals surface area contributed by atoms with Crippen LogP contribution in [-0.4, -0.2) is 50.2 Å². The van der Waals surface area contributed by atoms with Gasteiger partial charge in [-0.25, -0.2) is 8.42 Å². The van der Waals surface area contributed by atoms with Crippen molar-refractivity contribution in [2.75, 3.05) is 13.1 Å². The van der Waals surface area contributed by atoms with Crippen LogP contribution < -0.4 is 10.0 Å². The highest BCUT2D eigenvalue weighted by atomic mass is 32.2. The van der Waals surface area contributed by atoms with E-state index >= 15 is 0 Å². The molecule has 1 atom stereocenters. The summed E-state index contributed by atoms with van der Waals surface area (Å²) in [6.07, 6.45) is 0. The number of benzene rings is 1. The summed E-state index contributed by atoms with van der Waals surface area (Å²) in [6.45, 7) is 2.64. The average Bonchev–Trinajstić information content (AvgIpc) is 2.45. The molecule has 8 nitrogen and oxygen atoms in total. The molecule has 1 unspecified atom stereocenters. The molecule has 9 heteroatoms. The van der Waals surface area contributed by atoms with Crippen LogP contribution in [-0.2, 0) is 24.4 Å². The lowest BCUT2D eigenvalue weighted by atomic mass is 10.2. The number of carbonyl (C=O) groups excluding carboxylic acids is 3. The molecule has 1 heterocycles. The van der Waals surface area contributed by atoms with Crippen molar-refractivity contribution in [2.24, 2.45) is 0 Å². The highest BCUT2D eigenvalue weighted by Crippen LogP contribution is 2.11. The van der Waals surface area contributed by atoms with Crippen molar-refractivity contribution in [1.29, 1.82) is 0 Å². The Morgan fingerprint density at radius 2 is 1.70 bits per heavy atom. The van der Waals surface area contributed by atoms with Crippen molar-refractivity contribution in [1.82, 2.24) is 14.9 Å². The van der Waals surface area contributed by atoms with E-state index < -0.39 is 33.8 Å². The zero-order chi connectivity index (χ0) is 17.2. The molecular weight excluding hydrogens is 322 g/mol. The lowest BCUT2D eigenvalue weighted by Gasteiger charge is -2.28. The van der Waals surface area contributed by atoms with Crippen molar-refractivity contribution in [2.45, 2.75) is 24.8 Å². The lowest BCUT2D eigenvalue weighted by Crippen LogP contribution is -2.57. The zero-order valence-corrected chi connectivity index (χ0v) is 13.5. The van der Waals surface area contributed by atoms with Crippen molar-refractivity contribution < 1.29 is 22.8 Å². The summed E-state index contributed by atoms with van der Waals surface area (Å²) in [5.41, 5.74) is 0.908. The van der Waals surface area contributed by atoms with Gasteiger partial charge < -0.3 is 4.90 Å². The van der Waals surface area contributed by atoms with Crippen LogP contribution in [0.5, 0.6) is 0 Å². The Kier molecular flexibility index (Phi) is 4.81. The molecular formula is C14H17N3O5S. The zero-order valence-electron chi connectivity index (χ0n) is 12.7. The van der Waals surface area contributed by atoms with Crippen LogP contribution >= 0.6 is 0 Å². The molecule has 0 bridgehead atoms. The maximum absolute atomic E-state index is 12.2. The first-order valence-electron chi connectivity index (χ1n) is 6.89. The Morgan fingerprint density at radius 1 is 1.17 bits per heavy atom. The molecule has 2 rings (SSSR count). The van der Waals surface area contributed by atoms with E-state index in [-0.39, 0.29) is 18.0 Å². The van der Waals surface area contributed by atoms with E-state index in [1.54, 1.807) is 12.1 Å². The largest absolute Gasteiger partial charge is 0.323 e. The van der Waals surface area contributed by atoms with E-state index in [4.69, 9.17) is 0 Å². The fraction of sp³-hybridized carbons (Fsp3) is 0.357. The predicted octanol–water partition coefficient (Wildman–Crippen LogP) is -0.853. The molecule has 2 N–H and O–H groups in total. The number of nitrogens with one attached hydrogen (secondary N) is 2. The van der Waals surface area contributed by atoms with Gasteiger partial charge in [-0.1, -0.05) is 17.7 Å². The first-order chi connectivity index (χ1) is 10.7. The van der Waals surface area contributed by atoms with Gasteiger partial charge in [0.15, 0.2) is 0 Å². The average molecular weight is 339 g/mol. The highest BCUT2D eigenvalue weighted by Gasteiger charge is 2.31. The van der Waals surface area contributed by atoms with Crippen molar-refractivity contribution in [3.05, 3.63) is 29.8 Å². The fourth-order valence-corrected chi connectivity index (χ4v) is 3.33. The van der Waals surface area contributed by atoms with Gasteiger partial charge in [-0.3, -0.25) is 19.7 Å². The number of aryl methyl sites for hydroxylation is 1. The molecule has 0 aliphatic carbocycles. The first kappa shape index (κ1) is 17.1. The van der Waals surface area contributed by atoms with Gasteiger partial charge >= 0.3 is 0 Å². The van der Waals surface area contributed by atoms with Gasteiger partial charge in [0.25, 0.3) is 0 Å². The molecule has 3 amide bonds. The van der Waals surface area contributed by atoms with Crippen LogP contribution in [0, 0.1) is 6.92 Å². The summed E-state index contributed by atoms with van der Waals surface area (Å²) < 4.78 is 26.7. The predicted molar refractivity (Wildman–Crippen MR) is 80.7 cm³/mol. The molecule has 0 saturated carbocycles. The number of hydrogen-bond acceptors (Lipinski definition) is 5. The Bertz CT molecular complexity index is 726. The standard InChI is InChI=1S/C14H17N3O5S/c1-9-3-5-11(6-4-9)23(21,22)16-10(2)14(20)17-7-12(18)15-13(19)8-17/h3-6,10,16H,7-8H2,1-2H3,(H,15,18,19). The van der Waals surface area contributed by atoms with Crippen molar-refractivity contribution in [3.8, 4) is 0 Å². The summed E-state index contributed by atoms with van der Waals surface area (Å²) >= 11 is 0. The molecule has 1 aromatic rings. The van der Waals surface area contributed by atoms with E-state index in [0.29, 0.717) is 0 Å². The van der Waals surface area contributed by atoms with Gasteiger partial charge in [0.05, 0.1) is 10.9 Å². The Hall–Kier alpha value is -2.26. The second-order valence-corrected chi connectivity index (χ2v) is 7.04. The minimum Gasteiger partial charge on any atom is -0.323 e. The van der Waals surface area contributed by atoms with Crippen LogP contribution in [0.15, 0.2) is 29.2 Å². The number of amides is 3. The van der Waals surface area contributed by atoms with E-state index in [2.05, 4.69) is 10.0 Å². The number of nitrogens with zero attached hydrogens (tertiary/aromatic N) is 1. The molecule has 0 radical (unpaired) electrons. The second kappa shape index (κ2) is 6.47. The Morgan fingerprint density at radius 3 is 2.22 bits per heavy atom. The third kappa shape index (κ3) is 4.14. The van der Waals surface area contributed by atoms with Crippen LogP contribution in [0.4, 0.5) is 0 Å². The summed E-state index contributed by atoms with van der Waals surface area (Å²) in [7, 11) is -3.87. The molecule has 1 saturated heterocycles. The van der Waals surface area contributed by atoms with Gasteiger partial charge in [-0.2, -0.15) is 4.72 Å². The number of sulfonamides is 1. The normalized spacial score (nSPS) is 16.9. The van der Waals surface area contributed by atoms with Crippen molar-refractivity contribution in [3.63, 3.8) is 0 Å². The maximum atomic E-state index is 12.2. The molecule has 0 spiro atoms.